The molecule has 0 fully saturated rings. The molecule has 0 spiro atoms. The van der Waals surface area contributed by atoms with Gasteiger partial charge in [0.15, 0.2) is 11.6 Å². The van der Waals surface area contributed by atoms with E-state index in [1.807, 2.05) is 60.7 Å². The number of unbranched alkanes of at least 4 members (excludes halogenated alkanes) is 2. The fraction of sp³-hybridized carbons (Fsp3) is 0.250. The number of hydrogen-bond donors (Lipinski definition) is 14. The Hall–Kier alpha value is -4.69. The molecule has 27 heteroatoms. The summed E-state index contributed by atoms with van der Waals surface area (Å²) in [5.41, 5.74) is 1.48. The summed E-state index contributed by atoms with van der Waals surface area (Å²) < 4.78 is 49.4. The van der Waals surface area contributed by atoms with Gasteiger partial charge in [-0.05, 0) is 73.2 Å². The number of pyridine rings is 2. The van der Waals surface area contributed by atoms with Crippen LogP contribution in [0, 0.1) is 23.4 Å². The SMILES string of the molecule is C/C=C(/C)B(O)O.C=CB(O)O.CCCC/C=C/B(O)O.OB(O)/C=C/c1ccccc1.OB(O)C1=CCCCC1.OB(O)c1cncc2ccccc12.OB(O)c1nc(F)c(F)c(F)c1F. The van der Waals surface area contributed by atoms with Gasteiger partial charge in [-0.1, -0.05) is 117 Å². The fourth-order valence-electron chi connectivity index (χ4n) is 4.57. The van der Waals surface area contributed by atoms with Crippen molar-refractivity contribution < 1.29 is 87.9 Å². The molecule has 0 amide bonds. The zero-order valence-electron chi connectivity index (χ0n) is 37.3. The molecule has 14 N–H and O–H groups in total. The third-order valence-corrected chi connectivity index (χ3v) is 8.26. The molecule has 2 aromatic carbocycles. The largest absolute Gasteiger partial charge is 0.511 e. The number of benzene rings is 2. The molecule has 4 aromatic rings. The summed E-state index contributed by atoms with van der Waals surface area (Å²) in [6, 6.07) is 16.9. The highest BCUT2D eigenvalue weighted by Crippen LogP contribution is 2.17. The number of rotatable bonds is 11. The van der Waals surface area contributed by atoms with Crippen molar-refractivity contribution in [1.82, 2.24) is 9.97 Å². The van der Waals surface area contributed by atoms with Crippen molar-refractivity contribution in [2.45, 2.75) is 65.7 Å². The molecule has 2 aromatic heterocycles. The Labute approximate surface area is 390 Å². The lowest BCUT2D eigenvalue weighted by atomic mass is 9.74. The predicted molar refractivity (Wildman–Crippen MR) is 257 cm³/mol. The average molecular weight is 942 g/mol. The van der Waals surface area contributed by atoms with E-state index >= 15 is 0 Å². The van der Waals surface area contributed by atoms with Crippen LogP contribution in [0.25, 0.3) is 16.8 Å². The summed E-state index contributed by atoms with van der Waals surface area (Å²) >= 11 is 0. The van der Waals surface area contributed by atoms with Crippen molar-refractivity contribution in [3.63, 3.8) is 0 Å². The molecule has 0 aliphatic heterocycles. The predicted octanol–water partition coefficient (Wildman–Crippen LogP) is 0.337. The molecule has 0 saturated heterocycles. The van der Waals surface area contributed by atoms with Crippen LogP contribution in [0.3, 0.4) is 0 Å². The van der Waals surface area contributed by atoms with Crippen molar-refractivity contribution >= 4 is 77.7 Å². The monoisotopic (exact) mass is 942 g/mol. The van der Waals surface area contributed by atoms with Crippen LogP contribution in [0.4, 0.5) is 17.6 Å². The van der Waals surface area contributed by atoms with E-state index in [9.17, 15) is 17.6 Å². The molecule has 360 valence electrons. The number of nitrogens with zero attached hydrogens (tertiary/aromatic N) is 2. The fourth-order valence-corrected chi connectivity index (χ4v) is 4.57. The van der Waals surface area contributed by atoms with Crippen LogP contribution in [-0.2, 0) is 0 Å². The van der Waals surface area contributed by atoms with Gasteiger partial charge in [-0.2, -0.15) is 8.78 Å². The maximum Gasteiger partial charge on any atom is 0.511 e. The minimum atomic E-state index is -2.50. The first-order valence-electron chi connectivity index (χ1n) is 20.4. The highest BCUT2D eigenvalue weighted by atomic mass is 19.2. The van der Waals surface area contributed by atoms with Gasteiger partial charge in [0.05, 0.1) is 0 Å². The van der Waals surface area contributed by atoms with Crippen molar-refractivity contribution in [2.24, 2.45) is 0 Å². The number of allylic oxidation sites excluding steroid dienone is 5. The van der Waals surface area contributed by atoms with Gasteiger partial charge in [-0.15, -0.1) is 6.58 Å². The van der Waals surface area contributed by atoms with Crippen LogP contribution in [0.2, 0.25) is 0 Å². The van der Waals surface area contributed by atoms with Crippen LogP contribution in [0.15, 0.2) is 121 Å². The van der Waals surface area contributed by atoms with Gasteiger partial charge in [0.2, 0.25) is 5.82 Å². The first-order valence-corrected chi connectivity index (χ1v) is 20.4. The van der Waals surface area contributed by atoms with Crippen LogP contribution in [-0.4, -0.2) is 130 Å². The Kier molecular flexibility index (Phi) is 36.8. The molecule has 2 heterocycles. The highest BCUT2D eigenvalue weighted by Gasteiger charge is 2.27. The molecular formula is C40H57B7F4N2O14. The van der Waals surface area contributed by atoms with E-state index in [1.54, 1.807) is 38.3 Å². The van der Waals surface area contributed by atoms with E-state index in [1.165, 1.54) is 24.6 Å². The molecule has 1 aliphatic carbocycles. The lowest BCUT2D eigenvalue weighted by molar-refractivity contribution is 0.383. The Morgan fingerprint density at radius 2 is 1.28 bits per heavy atom. The maximum absolute atomic E-state index is 12.5. The first-order chi connectivity index (χ1) is 31.5. The Morgan fingerprint density at radius 1 is 0.701 bits per heavy atom. The summed E-state index contributed by atoms with van der Waals surface area (Å²) in [6.45, 7) is 8.58. The molecule has 0 atom stereocenters. The van der Waals surface area contributed by atoms with Crippen molar-refractivity contribution in [3.8, 4) is 0 Å². The summed E-state index contributed by atoms with van der Waals surface area (Å²) in [5.74, 6) is -4.35. The summed E-state index contributed by atoms with van der Waals surface area (Å²) in [4.78, 5) is 6.39. The molecule has 0 unspecified atom stereocenters. The molecular weight excluding hydrogens is 884 g/mol. The van der Waals surface area contributed by atoms with Crippen molar-refractivity contribution in [2.75, 3.05) is 0 Å². The van der Waals surface area contributed by atoms with Crippen LogP contribution < -0.4 is 11.1 Å². The van der Waals surface area contributed by atoms with Gasteiger partial charge < -0.3 is 70.3 Å². The molecule has 0 bridgehead atoms. The Morgan fingerprint density at radius 3 is 1.72 bits per heavy atom. The third kappa shape index (κ3) is 31.1. The lowest BCUT2D eigenvalue weighted by Gasteiger charge is -2.10. The number of fused-ring (bicyclic) bond motifs is 1. The van der Waals surface area contributed by atoms with Gasteiger partial charge in [-0.3, -0.25) is 4.98 Å². The van der Waals surface area contributed by atoms with Gasteiger partial charge in [-0.25, -0.2) is 13.8 Å². The topological polar surface area (TPSA) is 309 Å². The highest BCUT2D eigenvalue weighted by molar-refractivity contribution is 6.61. The second-order valence-corrected chi connectivity index (χ2v) is 13.5. The summed E-state index contributed by atoms with van der Waals surface area (Å²) in [7, 11) is -10.4. The number of halogens is 4. The van der Waals surface area contributed by atoms with E-state index in [2.05, 4.69) is 23.5 Å². The van der Waals surface area contributed by atoms with E-state index in [0.717, 1.165) is 66.3 Å². The standard InChI is InChI=1S/C9H8BNO2.C8H9BO2.C6H11BO2.C6H13BO2.C5H2BF4NO2.C4H9BO2.C2H5BO2/c12-10(13)9-6-11-5-7-3-1-2-4-8(7)9;10-9(11)7-6-8-4-2-1-3-5-8;8-7(9)6-4-2-1-3-5-6;1-2-3-4-5-6-7(8)9;7-1-2(8)4(6(12)13)11-5(10)3(1)9;1-3-4(2)5(6)7;1-2-3(4)5/h1-6,12-13H;1-7,10-11H;4,8-9H,1-3,5H2;5-6,8-9H,2-4H2,1H3;12-13H;3,6-7H,1-2H3;2,4-5H,1H2/b;7-6+;;6-5+;;4-3-;. The maximum atomic E-state index is 12.5. The Balaban J connectivity index is 0. The van der Waals surface area contributed by atoms with Crippen molar-refractivity contribution in [1.29, 1.82) is 0 Å². The zero-order valence-corrected chi connectivity index (χ0v) is 37.3. The van der Waals surface area contributed by atoms with Gasteiger partial charge >= 0.3 is 49.8 Å². The molecule has 1 aliphatic rings. The van der Waals surface area contributed by atoms with Crippen LogP contribution in [0.5, 0.6) is 0 Å². The quantitative estimate of drug-likeness (QED) is 0.0417. The van der Waals surface area contributed by atoms with Gasteiger partial charge in [0.1, 0.15) is 5.59 Å². The Bertz CT molecular complexity index is 2070. The van der Waals surface area contributed by atoms with E-state index in [4.69, 9.17) is 70.3 Å². The molecule has 16 nitrogen and oxygen atoms in total. The summed E-state index contributed by atoms with van der Waals surface area (Å²) in [5, 5.41) is 120. The van der Waals surface area contributed by atoms with E-state index in [-0.39, 0.29) is 0 Å². The second kappa shape index (κ2) is 38.3. The molecule has 0 radical (unpaired) electrons. The van der Waals surface area contributed by atoms with Crippen molar-refractivity contribution in [3.05, 3.63) is 150 Å². The smallest absolute Gasteiger partial charge is 0.424 e. The van der Waals surface area contributed by atoms with Crippen LogP contribution >= 0.6 is 0 Å². The lowest BCUT2D eigenvalue weighted by Crippen LogP contribution is -2.37. The number of aromatic nitrogens is 2. The molecule has 67 heavy (non-hydrogen) atoms. The average Bonchev–Trinajstić information content (AvgIpc) is 3.31. The van der Waals surface area contributed by atoms with Crippen LogP contribution in [0.1, 0.15) is 71.3 Å². The van der Waals surface area contributed by atoms with Gasteiger partial charge in [0, 0.05) is 17.9 Å². The third-order valence-electron chi connectivity index (χ3n) is 8.26. The second-order valence-electron chi connectivity index (χ2n) is 13.5. The zero-order chi connectivity index (χ0) is 51.5. The normalized spacial score (nSPS) is 11.4. The summed E-state index contributed by atoms with van der Waals surface area (Å²) in [6.07, 6.45) is 17.5. The molecule has 0 saturated carbocycles. The minimum Gasteiger partial charge on any atom is -0.424 e. The van der Waals surface area contributed by atoms with E-state index < -0.39 is 78.8 Å². The first kappa shape index (κ1) is 64.4. The van der Waals surface area contributed by atoms with E-state index in [0.29, 0.717) is 10.9 Å². The molecule has 5 rings (SSSR count). The number of hydrogen-bond acceptors (Lipinski definition) is 16. The minimum absolute atomic E-state index is 0.443. The van der Waals surface area contributed by atoms with Gasteiger partial charge in [0.25, 0.3) is 5.95 Å².